The van der Waals surface area contributed by atoms with Crippen LogP contribution in [0.1, 0.15) is 11.1 Å². The van der Waals surface area contributed by atoms with E-state index in [1.54, 1.807) is 0 Å². The average Bonchev–Trinajstić information content (AvgIpc) is 4.16. The Kier molecular flexibility index (Phi) is 11.8. The third-order valence-corrected chi connectivity index (χ3v) is 15.5. The van der Waals surface area contributed by atoms with Crippen LogP contribution in [0.4, 0.5) is 28.4 Å². The Morgan fingerprint density at radius 2 is 0.600 bits per heavy atom. The molecule has 80 heavy (non-hydrogen) atoms. The molecule has 0 atom stereocenters. The zero-order valence-electron chi connectivity index (χ0n) is 43.5. The van der Waals surface area contributed by atoms with Crippen molar-refractivity contribution in [1.82, 2.24) is 9.13 Å². The standard InChI is InChI=1S/C73H43N7/c1-45-30-35-51(46(2)40-45)56-22-16-28-70(79-66-36-31-47(52-18-8-12-23-61(52)74-3)41-57(66)58-42-48(32-37-67(58)79)53-19-9-13-24-62(53)75-4)72(56)73-65(78-7)27-17-29-71(73)80-68-38-33-49(54-20-10-14-25-63(54)76-5)43-59(68)60-44-50(34-39-69(60)80)55-21-11-15-26-64(55)77-6/h8-44H,1-2H3. The monoisotopic (exact) mass is 1020 g/mol. The van der Waals surface area contributed by atoms with Crippen molar-refractivity contribution >= 4 is 72.0 Å². The maximum atomic E-state index is 9.05. The lowest BCUT2D eigenvalue weighted by atomic mass is 9.88. The number of para-hydroxylation sites is 4. The molecule has 13 rings (SSSR count). The fraction of sp³-hybridized carbons (Fsp3) is 0.0274. The van der Waals surface area contributed by atoms with Crippen LogP contribution in [0.3, 0.4) is 0 Å². The summed E-state index contributed by atoms with van der Waals surface area (Å²) in [5, 5.41) is 3.84. The molecular formula is C73H43N7. The van der Waals surface area contributed by atoms with Crippen LogP contribution in [0.2, 0.25) is 0 Å². The van der Waals surface area contributed by atoms with E-state index < -0.39 is 0 Å². The molecule has 0 bridgehead atoms. The second-order valence-corrected chi connectivity index (χ2v) is 19.9. The SMILES string of the molecule is [C-]#[N+]c1ccccc1-c1ccc2c(c1)c1cc(-c3ccccc3[N+]#[C-])ccc1n2-c1cccc([N+]#[C-])c1-c1c(-c2ccc(C)cc2C)cccc1-n1c2ccc(-c3ccccc3[N+]#[C-])cc2c2cc(-c3ccccc3[N+]#[C-])ccc21. The Morgan fingerprint density at radius 1 is 0.275 bits per heavy atom. The van der Waals surface area contributed by atoms with Gasteiger partial charge in [-0.05, 0) is 136 Å². The number of rotatable bonds is 8. The highest BCUT2D eigenvalue weighted by Crippen LogP contribution is 2.50. The van der Waals surface area contributed by atoms with Gasteiger partial charge in [0.15, 0.2) is 28.4 Å². The lowest BCUT2D eigenvalue weighted by molar-refractivity contribution is 1.16. The normalized spacial score (nSPS) is 11.1. The van der Waals surface area contributed by atoms with Gasteiger partial charge in [0, 0.05) is 38.4 Å². The molecule has 0 fully saturated rings. The molecule has 13 aromatic rings. The van der Waals surface area contributed by atoms with Gasteiger partial charge in [0.05, 0.1) is 60.6 Å². The maximum Gasteiger partial charge on any atom is 0.197 e. The topological polar surface area (TPSA) is 31.7 Å². The van der Waals surface area contributed by atoms with Crippen molar-refractivity contribution in [2.24, 2.45) is 0 Å². The van der Waals surface area contributed by atoms with Gasteiger partial charge in [-0.25, -0.2) is 24.2 Å². The van der Waals surface area contributed by atoms with Crippen LogP contribution in [0.5, 0.6) is 0 Å². The number of hydrogen-bond acceptors (Lipinski definition) is 0. The zero-order chi connectivity index (χ0) is 54.6. The molecule has 2 heterocycles. The minimum Gasteiger partial charge on any atom is -0.310 e. The van der Waals surface area contributed by atoms with Gasteiger partial charge in [0.2, 0.25) is 0 Å². The van der Waals surface area contributed by atoms with Crippen molar-refractivity contribution in [2.75, 3.05) is 0 Å². The number of benzene rings is 11. The summed E-state index contributed by atoms with van der Waals surface area (Å²) in [7, 11) is 0. The van der Waals surface area contributed by atoms with Gasteiger partial charge < -0.3 is 9.13 Å². The third-order valence-electron chi connectivity index (χ3n) is 15.5. The highest BCUT2D eigenvalue weighted by atomic mass is 15.0. The van der Waals surface area contributed by atoms with Gasteiger partial charge in [0.25, 0.3) is 0 Å². The Labute approximate surface area is 463 Å². The van der Waals surface area contributed by atoms with E-state index in [2.05, 4.69) is 162 Å². The second-order valence-electron chi connectivity index (χ2n) is 19.9. The van der Waals surface area contributed by atoms with Crippen LogP contribution in [0, 0.1) is 46.7 Å². The van der Waals surface area contributed by atoms with Gasteiger partial charge >= 0.3 is 0 Å². The van der Waals surface area contributed by atoms with E-state index in [4.69, 9.17) is 32.9 Å². The van der Waals surface area contributed by atoms with Crippen molar-refractivity contribution in [3.63, 3.8) is 0 Å². The van der Waals surface area contributed by atoms with Crippen LogP contribution in [-0.2, 0) is 0 Å². The summed E-state index contributed by atoms with van der Waals surface area (Å²) in [6, 6.07) is 75.4. The molecule has 370 valence electrons. The number of nitrogens with zero attached hydrogens (tertiary/aromatic N) is 7. The second kappa shape index (κ2) is 19.6. The van der Waals surface area contributed by atoms with Crippen LogP contribution < -0.4 is 0 Å². The van der Waals surface area contributed by atoms with Crippen LogP contribution >= 0.6 is 0 Å². The highest BCUT2D eigenvalue weighted by molar-refractivity contribution is 6.16. The predicted molar refractivity (Wildman–Crippen MR) is 329 cm³/mol. The fourth-order valence-corrected chi connectivity index (χ4v) is 11.9. The predicted octanol–water partition coefficient (Wildman–Crippen LogP) is 21.3. The van der Waals surface area contributed by atoms with E-state index >= 15 is 0 Å². The van der Waals surface area contributed by atoms with Crippen molar-refractivity contribution in [3.05, 3.63) is 293 Å². The molecule has 0 unspecified atom stereocenters. The maximum absolute atomic E-state index is 9.05. The van der Waals surface area contributed by atoms with Gasteiger partial charge in [-0.3, -0.25) is 0 Å². The van der Waals surface area contributed by atoms with E-state index in [1.165, 1.54) is 0 Å². The molecule has 0 aliphatic heterocycles. The Morgan fingerprint density at radius 3 is 0.963 bits per heavy atom. The summed E-state index contributed by atoms with van der Waals surface area (Å²) in [5.74, 6) is 0. The third kappa shape index (κ3) is 7.77. The van der Waals surface area contributed by atoms with Gasteiger partial charge in [-0.15, -0.1) is 0 Å². The summed E-state index contributed by atoms with van der Waals surface area (Å²) in [6.45, 7) is 45.7. The van der Waals surface area contributed by atoms with Crippen molar-refractivity contribution < 1.29 is 0 Å². The molecule has 11 aromatic carbocycles. The molecule has 2 aromatic heterocycles. The van der Waals surface area contributed by atoms with E-state index in [0.717, 1.165) is 133 Å². The minimum absolute atomic E-state index is 0.470. The van der Waals surface area contributed by atoms with E-state index in [0.29, 0.717) is 28.4 Å². The molecule has 7 nitrogen and oxygen atoms in total. The summed E-state index contributed by atoms with van der Waals surface area (Å²) in [4.78, 5) is 20.0. The molecule has 0 saturated heterocycles. The first-order valence-electron chi connectivity index (χ1n) is 26.1. The zero-order valence-corrected chi connectivity index (χ0v) is 43.5. The number of aryl methyl sites for hydroxylation is 2. The number of aromatic nitrogens is 2. The summed E-state index contributed by atoms with van der Waals surface area (Å²) in [6.07, 6.45) is 0. The molecule has 0 amide bonds. The molecule has 0 aliphatic carbocycles. The summed E-state index contributed by atoms with van der Waals surface area (Å²) < 4.78 is 4.60. The number of hydrogen-bond donors (Lipinski definition) is 0. The van der Waals surface area contributed by atoms with E-state index in [-0.39, 0.29) is 0 Å². The molecular weight excluding hydrogens is 975 g/mol. The Hall–Kier alpha value is -11.5. The van der Waals surface area contributed by atoms with E-state index in [9.17, 15) is 0 Å². The average molecular weight is 1020 g/mol. The minimum atomic E-state index is 0.470. The molecule has 7 heteroatoms. The molecule has 0 radical (unpaired) electrons. The van der Waals surface area contributed by atoms with Gasteiger partial charge in [-0.2, -0.15) is 0 Å². The molecule has 0 saturated carbocycles. The van der Waals surface area contributed by atoms with Crippen molar-refractivity contribution in [2.45, 2.75) is 13.8 Å². The van der Waals surface area contributed by atoms with Crippen LogP contribution in [0.25, 0.3) is 146 Å². The van der Waals surface area contributed by atoms with Crippen LogP contribution in [0.15, 0.2) is 224 Å². The highest BCUT2D eigenvalue weighted by Gasteiger charge is 2.27. The molecule has 0 spiro atoms. The van der Waals surface area contributed by atoms with Gasteiger partial charge in [-0.1, -0.05) is 169 Å². The smallest absolute Gasteiger partial charge is 0.197 e. The summed E-state index contributed by atoms with van der Waals surface area (Å²) in [5.41, 5.74) is 20.8. The first-order valence-corrected chi connectivity index (χ1v) is 26.1. The first kappa shape index (κ1) is 48.1. The summed E-state index contributed by atoms with van der Waals surface area (Å²) >= 11 is 0. The van der Waals surface area contributed by atoms with Crippen molar-refractivity contribution in [3.8, 4) is 78.1 Å². The Bertz CT molecular complexity index is 4760. The quantitative estimate of drug-likeness (QED) is 0.136. The lowest BCUT2D eigenvalue weighted by Gasteiger charge is -2.23. The first-order chi connectivity index (χ1) is 39.3. The van der Waals surface area contributed by atoms with Crippen LogP contribution in [-0.4, -0.2) is 9.13 Å². The van der Waals surface area contributed by atoms with E-state index in [1.807, 2.05) is 109 Å². The Balaban J connectivity index is 1.15. The van der Waals surface area contributed by atoms with Crippen molar-refractivity contribution in [1.29, 1.82) is 0 Å². The molecule has 0 aliphatic rings. The van der Waals surface area contributed by atoms with Gasteiger partial charge in [0.1, 0.15) is 0 Å². The fourth-order valence-electron chi connectivity index (χ4n) is 11.9. The number of fused-ring (bicyclic) bond motifs is 6. The molecule has 0 N–H and O–H groups in total. The lowest BCUT2D eigenvalue weighted by Crippen LogP contribution is -2.04. The largest absolute Gasteiger partial charge is 0.310 e.